The van der Waals surface area contributed by atoms with Crippen molar-refractivity contribution < 1.29 is 5.11 Å². The normalized spacial score (nSPS) is 17.4. The first-order chi connectivity index (χ1) is 8.73. The van der Waals surface area contributed by atoms with Crippen molar-refractivity contribution >= 4 is 11.3 Å². The highest BCUT2D eigenvalue weighted by Crippen LogP contribution is 2.44. The predicted octanol–water partition coefficient (Wildman–Crippen LogP) is 3.53. The number of nitrogens with zero attached hydrogens (tertiary/aromatic N) is 1. The summed E-state index contributed by atoms with van der Waals surface area (Å²) < 4.78 is 0. The van der Waals surface area contributed by atoms with E-state index in [1.165, 1.54) is 17.5 Å². The highest BCUT2D eigenvalue weighted by molar-refractivity contribution is 7.13. The van der Waals surface area contributed by atoms with Crippen LogP contribution in [-0.4, -0.2) is 16.7 Å². The quantitative estimate of drug-likeness (QED) is 0.914. The summed E-state index contributed by atoms with van der Waals surface area (Å²) in [6.45, 7) is 2.32. The summed E-state index contributed by atoms with van der Waals surface area (Å²) in [4.78, 5) is 4.75. The molecule has 0 unspecified atom stereocenters. The lowest BCUT2D eigenvalue weighted by molar-refractivity contribution is 0.117. The molecule has 3 rings (SSSR count). The molecule has 0 radical (unpaired) electrons. The summed E-state index contributed by atoms with van der Waals surface area (Å²) in [5.74, 6) is 0. The minimum Gasteiger partial charge on any atom is -0.395 e. The van der Waals surface area contributed by atoms with Crippen LogP contribution >= 0.6 is 11.3 Å². The molecule has 1 aliphatic rings. The predicted molar refractivity (Wildman–Crippen MR) is 74.9 cm³/mol. The van der Waals surface area contributed by atoms with Crippen molar-refractivity contribution in [3.8, 4) is 10.6 Å². The number of aliphatic hydroxyl groups excluding tert-OH is 1. The van der Waals surface area contributed by atoms with Crippen molar-refractivity contribution in [3.05, 3.63) is 40.9 Å². The van der Waals surface area contributed by atoms with Gasteiger partial charge in [0.2, 0.25) is 0 Å². The molecule has 2 nitrogen and oxygen atoms in total. The standard InChI is InChI=1S/C15H17NOS/c1-11-4-2-5-12(8-11)14-16-13(9-18-14)15(10-17)6-3-7-15/h2,4-5,8-9,17H,3,6-7,10H2,1H3. The molecule has 1 aliphatic carbocycles. The Morgan fingerprint density at radius 2 is 2.22 bits per heavy atom. The van der Waals surface area contributed by atoms with E-state index in [2.05, 4.69) is 36.6 Å². The van der Waals surface area contributed by atoms with Gasteiger partial charge in [0.15, 0.2) is 0 Å². The number of rotatable bonds is 3. The van der Waals surface area contributed by atoms with Crippen LogP contribution in [0.3, 0.4) is 0 Å². The molecular formula is C15H17NOS. The molecule has 0 spiro atoms. The largest absolute Gasteiger partial charge is 0.395 e. The molecule has 94 valence electrons. The SMILES string of the molecule is Cc1cccc(-c2nc(C3(CO)CCC3)cs2)c1. The van der Waals surface area contributed by atoms with Crippen molar-refractivity contribution in [1.82, 2.24) is 4.98 Å². The van der Waals surface area contributed by atoms with Gasteiger partial charge in [-0.05, 0) is 25.8 Å². The molecule has 1 aromatic carbocycles. The van der Waals surface area contributed by atoms with Crippen LogP contribution in [-0.2, 0) is 5.41 Å². The van der Waals surface area contributed by atoms with Gasteiger partial charge >= 0.3 is 0 Å². The fraction of sp³-hybridized carbons (Fsp3) is 0.400. The second kappa shape index (κ2) is 4.48. The average molecular weight is 259 g/mol. The molecule has 0 amide bonds. The zero-order chi connectivity index (χ0) is 12.6. The van der Waals surface area contributed by atoms with Crippen LogP contribution < -0.4 is 0 Å². The maximum atomic E-state index is 9.58. The van der Waals surface area contributed by atoms with Crippen LogP contribution in [0.25, 0.3) is 10.6 Å². The topological polar surface area (TPSA) is 33.1 Å². The van der Waals surface area contributed by atoms with Crippen molar-refractivity contribution in [2.45, 2.75) is 31.6 Å². The van der Waals surface area contributed by atoms with E-state index in [0.29, 0.717) is 0 Å². The third-order valence-corrected chi connectivity index (χ3v) is 4.82. The Morgan fingerprint density at radius 1 is 1.39 bits per heavy atom. The number of benzene rings is 1. The number of hydrogen-bond donors (Lipinski definition) is 1. The Hall–Kier alpha value is -1.19. The summed E-state index contributed by atoms with van der Waals surface area (Å²) in [7, 11) is 0. The smallest absolute Gasteiger partial charge is 0.123 e. The summed E-state index contributed by atoms with van der Waals surface area (Å²) in [5, 5.41) is 12.8. The van der Waals surface area contributed by atoms with E-state index in [4.69, 9.17) is 4.98 Å². The van der Waals surface area contributed by atoms with Gasteiger partial charge in [0, 0.05) is 16.4 Å². The number of aromatic nitrogens is 1. The molecule has 1 saturated carbocycles. The zero-order valence-electron chi connectivity index (χ0n) is 10.5. The molecule has 1 aromatic heterocycles. The van der Waals surface area contributed by atoms with E-state index < -0.39 is 0 Å². The van der Waals surface area contributed by atoms with E-state index in [0.717, 1.165) is 23.5 Å². The van der Waals surface area contributed by atoms with Crippen LogP contribution in [0, 0.1) is 6.92 Å². The zero-order valence-corrected chi connectivity index (χ0v) is 11.3. The van der Waals surface area contributed by atoms with Crippen molar-refractivity contribution in [3.63, 3.8) is 0 Å². The van der Waals surface area contributed by atoms with Crippen LogP contribution in [0.2, 0.25) is 0 Å². The Balaban J connectivity index is 1.94. The number of hydrogen-bond acceptors (Lipinski definition) is 3. The Bertz CT molecular complexity index is 552. The maximum Gasteiger partial charge on any atom is 0.123 e. The molecule has 1 heterocycles. The van der Waals surface area contributed by atoms with Gasteiger partial charge in [-0.2, -0.15) is 0 Å². The van der Waals surface area contributed by atoms with Crippen molar-refractivity contribution in [1.29, 1.82) is 0 Å². The summed E-state index contributed by atoms with van der Waals surface area (Å²) in [5.41, 5.74) is 3.47. The third kappa shape index (κ3) is 1.88. The molecule has 0 atom stereocenters. The van der Waals surface area contributed by atoms with Gasteiger partial charge in [0.1, 0.15) is 5.01 Å². The monoisotopic (exact) mass is 259 g/mol. The molecule has 2 aromatic rings. The van der Waals surface area contributed by atoms with Gasteiger partial charge in [0.05, 0.1) is 12.3 Å². The first kappa shape index (κ1) is 11.9. The van der Waals surface area contributed by atoms with Crippen LogP contribution in [0.1, 0.15) is 30.5 Å². The fourth-order valence-electron chi connectivity index (χ4n) is 2.53. The maximum absolute atomic E-state index is 9.58. The molecule has 1 N–H and O–H groups in total. The summed E-state index contributed by atoms with van der Waals surface area (Å²) in [6, 6.07) is 8.42. The first-order valence-electron chi connectivity index (χ1n) is 6.37. The van der Waals surface area contributed by atoms with Gasteiger partial charge in [-0.3, -0.25) is 0 Å². The minimum absolute atomic E-state index is 0.0431. The first-order valence-corrected chi connectivity index (χ1v) is 7.25. The molecule has 0 bridgehead atoms. The van der Waals surface area contributed by atoms with E-state index in [9.17, 15) is 5.11 Å². The number of aliphatic hydroxyl groups is 1. The number of thiazole rings is 1. The van der Waals surface area contributed by atoms with E-state index in [-0.39, 0.29) is 12.0 Å². The summed E-state index contributed by atoms with van der Waals surface area (Å²) >= 11 is 1.68. The second-order valence-electron chi connectivity index (χ2n) is 5.20. The minimum atomic E-state index is -0.0431. The molecule has 0 aliphatic heterocycles. The Morgan fingerprint density at radius 3 is 2.83 bits per heavy atom. The second-order valence-corrected chi connectivity index (χ2v) is 6.06. The van der Waals surface area contributed by atoms with E-state index in [1.807, 2.05) is 0 Å². The van der Waals surface area contributed by atoms with E-state index >= 15 is 0 Å². The highest BCUT2D eigenvalue weighted by Gasteiger charge is 2.40. The van der Waals surface area contributed by atoms with Gasteiger partial charge < -0.3 is 5.11 Å². The van der Waals surface area contributed by atoms with Gasteiger partial charge in [-0.1, -0.05) is 30.2 Å². The lowest BCUT2D eigenvalue weighted by Gasteiger charge is -2.38. The average Bonchev–Trinajstić information content (AvgIpc) is 2.78. The fourth-order valence-corrected chi connectivity index (χ4v) is 3.47. The lowest BCUT2D eigenvalue weighted by atomic mass is 9.67. The Labute approximate surface area is 111 Å². The van der Waals surface area contributed by atoms with E-state index in [1.54, 1.807) is 11.3 Å². The van der Waals surface area contributed by atoms with Crippen LogP contribution in [0.4, 0.5) is 0 Å². The van der Waals surface area contributed by atoms with Gasteiger partial charge in [0.25, 0.3) is 0 Å². The third-order valence-electron chi connectivity index (χ3n) is 3.93. The number of aryl methyl sites for hydroxylation is 1. The Kier molecular flexibility index (Phi) is 2.96. The molecule has 18 heavy (non-hydrogen) atoms. The molecule has 3 heteroatoms. The summed E-state index contributed by atoms with van der Waals surface area (Å²) in [6.07, 6.45) is 3.35. The van der Waals surface area contributed by atoms with Crippen LogP contribution in [0.15, 0.2) is 29.6 Å². The van der Waals surface area contributed by atoms with Crippen LogP contribution in [0.5, 0.6) is 0 Å². The molecular weight excluding hydrogens is 242 g/mol. The molecule has 1 fully saturated rings. The van der Waals surface area contributed by atoms with Gasteiger partial charge in [-0.25, -0.2) is 4.98 Å². The van der Waals surface area contributed by atoms with Crippen molar-refractivity contribution in [2.24, 2.45) is 0 Å². The highest BCUT2D eigenvalue weighted by atomic mass is 32.1. The van der Waals surface area contributed by atoms with Crippen molar-refractivity contribution in [2.75, 3.05) is 6.61 Å². The lowest BCUT2D eigenvalue weighted by Crippen LogP contribution is -2.38. The van der Waals surface area contributed by atoms with Gasteiger partial charge in [-0.15, -0.1) is 11.3 Å². The molecule has 0 saturated heterocycles.